The van der Waals surface area contributed by atoms with Gasteiger partial charge in [0.05, 0.1) is 22.7 Å². The van der Waals surface area contributed by atoms with Crippen LogP contribution < -0.4 is 9.47 Å². The summed E-state index contributed by atoms with van der Waals surface area (Å²) in [6.07, 6.45) is 2.11. The first-order valence-electron chi connectivity index (χ1n) is 6.28. The smallest absolute Gasteiger partial charge is 0.134 e. The van der Waals surface area contributed by atoms with Crippen LogP contribution in [0.15, 0.2) is 21.1 Å². The summed E-state index contributed by atoms with van der Waals surface area (Å²) in [5.74, 6) is 2.43. The quantitative estimate of drug-likeness (QED) is 0.610. The molecule has 0 unspecified atom stereocenters. The van der Waals surface area contributed by atoms with E-state index < -0.39 is 0 Å². The molecule has 1 aromatic carbocycles. The van der Waals surface area contributed by atoms with Crippen molar-refractivity contribution in [2.75, 3.05) is 19.5 Å². The van der Waals surface area contributed by atoms with Crippen molar-refractivity contribution in [2.24, 2.45) is 5.41 Å². The van der Waals surface area contributed by atoms with Gasteiger partial charge in [0.25, 0.3) is 0 Å². The predicted molar refractivity (Wildman–Crippen MR) is 90.8 cm³/mol. The van der Waals surface area contributed by atoms with Crippen LogP contribution in [0.5, 0.6) is 11.5 Å². The Morgan fingerprint density at radius 1 is 1.11 bits per heavy atom. The standard InChI is InChI=1S/C14H20Br2O2S/c1-4-14(5-2,9-19)8-18-13-7-10(15)12(17-3)6-11(13)16/h6-7,19H,4-5,8-9H2,1-3H3. The molecule has 0 radical (unpaired) electrons. The third-order valence-electron chi connectivity index (χ3n) is 3.58. The lowest BCUT2D eigenvalue weighted by Gasteiger charge is -2.29. The van der Waals surface area contributed by atoms with Crippen molar-refractivity contribution in [1.82, 2.24) is 0 Å². The first-order chi connectivity index (χ1) is 9.01. The number of methoxy groups -OCH3 is 1. The maximum atomic E-state index is 5.97. The molecule has 0 bridgehead atoms. The van der Waals surface area contributed by atoms with Gasteiger partial charge in [-0.15, -0.1) is 0 Å². The largest absolute Gasteiger partial charge is 0.496 e. The molecule has 0 saturated carbocycles. The molecule has 19 heavy (non-hydrogen) atoms. The predicted octanol–water partition coefficient (Wildman–Crippen LogP) is 5.34. The highest BCUT2D eigenvalue weighted by atomic mass is 79.9. The number of hydrogen-bond acceptors (Lipinski definition) is 3. The second-order valence-electron chi connectivity index (χ2n) is 4.57. The summed E-state index contributed by atoms with van der Waals surface area (Å²) >= 11 is 11.4. The molecule has 0 heterocycles. The van der Waals surface area contributed by atoms with Crippen molar-refractivity contribution in [3.05, 3.63) is 21.1 Å². The zero-order chi connectivity index (χ0) is 14.5. The summed E-state index contributed by atoms with van der Waals surface area (Å²) in [7, 11) is 1.65. The van der Waals surface area contributed by atoms with Gasteiger partial charge >= 0.3 is 0 Å². The maximum absolute atomic E-state index is 5.97. The highest BCUT2D eigenvalue weighted by molar-refractivity contribution is 9.11. The summed E-state index contributed by atoms with van der Waals surface area (Å²) in [6.45, 7) is 5.03. The molecular formula is C14H20Br2O2S. The number of thiol groups is 1. The molecule has 0 aliphatic heterocycles. The lowest BCUT2D eigenvalue weighted by atomic mass is 9.85. The Morgan fingerprint density at radius 3 is 2.11 bits per heavy atom. The van der Waals surface area contributed by atoms with E-state index in [1.54, 1.807) is 7.11 Å². The van der Waals surface area contributed by atoms with Gasteiger partial charge < -0.3 is 9.47 Å². The van der Waals surface area contributed by atoms with Crippen molar-refractivity contribution in [3.63, 3.8) is 0 Å². The van der Waals surface area contributed by atoms with Crippen LogP contribution in [0.2, 0.25) is 0 Å². The van der Waals surface area contributed by atoms with Gasteiger partial charge in [-0.2, -0.15) is 12.6 Å². The van der Waals surface area contributed by atoms with E-state index in [4.69, 9.17) is 9.47 Å². The summed E-state index contributed by atoms with van der Waals surface area (Å²) in [5, 5.41) is 0. The highest BCUT2D eigenvalue weighted by Crippen LogP contribution is 2.37. The second-order valence-corrected chi connectivity index (χ2v) is 6.60. The molecule has 0 saturated heterocycles. The molecule has 5 heteroatoms. The summed E-state index contributed by atoms with van der Waals surface area (Å²) < 4.78 is 13.0. The van der Waals surface area contributed by atoms with Gasteiger partial charge in [-0.1, -0.05) is 13.8 Å². The van der Waals surface area contributed by atoms with E-state index in [1.807, 2.05) is 12.1 Å². The maximum Gasteiger partial charge on any atom is 0.134 e. The monoisotopic (exact) mass is 410 g/mol. The Morgan fingerprint density at radius 2 is 1.63 bits per heavy atom. The van der Waals surface area contributed by atoms with Gasteiger partial charge in [0.15, 0.2) is 0 Å². The average Bonchev–Trinajstić information content (AvgIpc) is 2.44. The molecule has 0 aliphatic carbocycles. The summed E-state index contributed by atoms with van der Waals surface area (Å²) in [6, 6.07) is 3.83. The first-order valence-corrected chi connectivity index (χ1v) is 8.50. The van der Waals surface area contributed by atoms with E-state index in [0.717, 1.165) is 39.0 Å². The minimum absolute atomic E-state index is 0.134. The topological polar surface area (TPSA) is 18.5 Å². The number of halogens is 2. The molecule has 0 fully saturated rings. The van der Waals surface area contributed by atoms with Crippen LogP contribution in [0.1, 0.15) is 26.7 Å². The number of rotatable bonds is 7. The van der Waals surface area contributed by atoms with Gasteiger partial charge in [-0.05, 0) is 62.6 Å². The van der Waals surface area contributed by atoms with E-state index >= 15 is 0 Å². The number of ether oxygens (including phenoxy) is 2. The Labute approximate surface area is 137 Å². The highest BCUT2D eigenvalue weighted by Gasteiger charge is 2.26. The molecule has 1 aromatic rings. The zero-order valence-electron chi connectivity index (χ0n) is 11.5. The minimum Gasteiger partial charge on any atom is -0.496 e. The molecule has 0 amide bonds. The van der Waals surface area contributed by atoms with Gasteiger partial charge in [-0.25, -0.2) is 0 Å². The molecule has 0 aromatic heterocycles. The Hall–Kier alpha value is 0.130. The SMILES string of the molecule is CCC(CC)(CS)COc1cc(Br)c(OC)cc1Br. The zero-order valence-corrected chi connectivity index (χ0v) is 15.6. The van der Waals surface area contributed by atoms with E-state index in [-0.39, 0.29) is 5.41 Å². The van der Waals surface area contributed by atoms with Crippen molar-refractivity contribution in [2.45, 2.75) is 26.7 Å². The Balaban J connectivity index is 2.86. The van der Waals surface area contributed by atoms with Gasteiger partial charge in [0.2, 0.25) is 0 Å². The van der Waals surface area contributed by atoms with Gasteiger partial charge in [-0.3, -0.25) is 0 Å². The number of benzene rings is 1. The van der Waals surface area contributed by atoms with Crippen LogP contribution in [0.3, 0.4) is 0 Å². The first kappa shape index (κ1) is 17.2. The molecule has 108 valence electrons. The summed E-state index contributed by atoms with van der Waals surface area (Å²) in [4.78, 5) is 0. The van der Waals surface area contributed by atoms with E-state index in [1.165, 1.54) is 0 Å². The van der Waals surface area contributed by atoms with Gasteiger partial charge in [0.1, 0.15) is 11.5 Å². The van der Waals surface area contributed by atoms with E-state index in [2.05, 4.69) is 58.3 Å². The molecule has 2 nitrogen and oxygen atoms in total. The van der Waals surface area contributed by atoms with Crippen molar-refractivity contribution in [3.8, 4) is 11.5 Å². The van der Waals surface area contributed by atoms with Crippen LogP contribution in [0.4, 0.5) is 0 Å². The van der Waals surface area contributed by atoms with Gasteiger partial charge in [0, 0.05) is 5.41 Å². The Bertz CT molecular complexity index is 412. The van der Waals surface area contributed by atoms with Crippen molar-refractivity contribution >= 4 is 44.5 Å². The second kappa shape index (κ2) is 7.79. The molecule has 0 spiro atoms. The number of hydrogen-bond donors (Lipinski definition) is 1. The third kappa shape index (κ3) is 4.30. The van der Waals surface area contributed by atoms with Crippen molar-refractivity contribution in [1.29, 1.82) is 0 Å². The lowest BCUT2D eigenvalue weighted by Crippen LogP contribution is -2.29. The third-order valence-corrected chi connectivity index (χ3v) is 5.49. The molecule has 0 aliphatic rings. The van der Waals surface area contributed by atoms with E-state index in [0.29, 0.717) is 6.61 Å². The van der Waals surface area contributed by atoms with Crippen LogP contribution in [-0.2, 0) is 0 Å². The molecule has 1 rings (SSSR count). The molecule has 0 N–H and O–H groups in total. The molecule has 0 atom stereocenters. The normalized spacial score (nSPS) is 11.5. The van der Waals surface area contributed by atoms with Crippen LogP contribution in [-0.4, -0.2) is 19.5 Å². The molecular weight excluding hydrogens is 392 g/mol. The fourth-order valence-corrected chi connectivity index (χ4v) is 3.19. The lowest BCUT2D eigenvalue weighted by molar-refractivity contribution is 0.156. The van der Waals surface area contributed by atoms with Crippen LogP contribution >= 0.6 is 44.5 Å². The summed E-state index contributed by atoms with van der Waals surface area (Å²) in [5.41, 5.74) is 0.134. The fraction of sp³-hybridized carbons (Fsp3) is 0.571. The fourth-order valence-electron chi connectivity index (χ4n) is 1.73. The van der Waals surface area contributed by atoms with E-state index in [9.17, 15) is 0 Å². The van der Waals surface area contributed by atoms with Crippen LogP contribution in [0.25, 0.3) is 0 Å². The van der Waals surface area contributed by atoms with Crippen molar-refractivity contribution < 1.29 is 9.47 Å². The minimum atomic E-state index is 0.134. The average molecular weight is 412 g/mol. The Kier molecular flexibility index (Phi) is 7.05. The van der Waals surface area contributed by atoms with Crippen LogP contribution in [0, 0.1) is 5.41 Å².